The van der Waals surface area contributed by atoms with Crippen LogP contribution in [0.25, 0.3) is 0 Å². The number of benzene rings is 1. The molecule has 4 nitrogen and oxygen atoms in total. The van der Waals surface area contributed by atoms with Gasteiger partial charge < -0.3 is 14.8 Å². The van der Waals surface area contributed by atoms with Crippen molar-refractivity contribution in [3.05, 3.63) is 54.1 Å². The number of hydrogen-bond acceptors (Lipinski definition) is 4. The van der Waals surface area contributed by atoms with Crippen molar-refractivity contribution in [2.75, 3.05) is 20.2 Å². The molecule has 0 spiro atoms. The Morgan fingerprint density at radius 2 is 2.17 bits per heavy atom. The van der Waals surface area contributed by atoms with E-state index in [0.29, 0.717) is 5.75 Å². The number of hydrogen-bond donors (Lipinski definition) is 1. The first-order valence-electron chi connectivity index (χ1n) is 7.90. The standard InChI is InChI=1S/C18H21FN2O2/c1-22-16-9-4-7-14(19)18(16)23-17(13-6-5-10-20-12-13)15-8-2-3-11-21-15/h2-4,7-9,11,13,17,20H,5-6,10,12H2,1H3/t13?,17-/m0/s1. The van der Waals surface area contributed by atoms with Crippen LogP contribution < -0.4 is 14.8 Å². The third kappa shape index (κ3) is 3.62. The second kappa shape index (κ2) is 7.42. The lowest BCUT2D eigenvalue weighted by Gasteiger charge is -2.31. The molecule has 3 rings (SSSR count). The Balaban J connectivity index is 1.93. The summed E-state index contributed by atoms with van der Waals surface area (Å²) in [5, 5.41) is 3.38. The molecule has 2 atom stereocenters. The second-order valence-electron chi connectivity index (χ2n) is 5.67. The van der Waals surface area contributed by atoms with Crippen LogP contribution in [0, 0.1) is 11.7 Å². The molecule has 1 saturated heterocycles. The highest BCUT2D eigenvalue weighted by Gasteiger charge is 2.29. The van der Waals surface area contributed by atoms with Gasteiger partial charge in [-0.25, -0.2) is 4.39 Å². The normalized spacial score (nSPS) is 19.1. The molecule has 1 N–H and O–H groups in total. The van der Waals surface area contributed by atoms with Crippen molar-refractivity contribution in [2.45, 2.75) is 18.9 Å². The minimum absolute atomic E-state index is 0.149. The van der Waals surface area contributed by atoms with E-state index in [-0.39, 0.29) is 17.8 Å². The Labute approximate surface area is 135 Å². The number of nitrogens with one attached hydrogen (secondary N) is 1. The van der Waals surface area contributed by atoms with E-state index in [2.05, 4.69) is 10.3 Å². The molecule has 2 aromatic rings. The quantitative estimate of drug-likeness (QED) is 0.919. The maximum Gasteiger partial charge on any atom is 0.197 e. The van der Waals surface area contributed by atoms with E-state index in [9.17, 15) is 4.39 Å². The van der Waals surface area contributed by atoms with Gasteiger partial charge in [0.2, 0.25) is 0 Å². The first-order valence-corrected chi connectivity index (χ1v) is 7.90. The van der Waals surface area contributed by atoms with E-state index >= 15 is 0 Å². The molecule has 23 heavy (non-hydrogen) atoms. The molecule has 0 bridgehead atoms. The number of methoxy groups -OCH3 is 1. The van der Waals surface area contributed by atoms with Crippen molar-refractivity contribution in [3.63, 3.8) is 0 Å². The number of halogens is 1. The zero-order chi connectivity index (χ0) is 16.1. The van der Waals surface area contributed by atoms with Gasteiger partial charge in [0.25, 0.3) is 0 Å². The first kappa shape index (κ1) is 15.7. The Bertz CT molecular complexity index is 630. The molecule has 5 heteroatoms. The van der Waals surface area contributed by atoms with Crippen molar-refractivity contribution < 1.29 is 13.9 Å². The minimum Gasteiger partial charge on any atom is -0.493 e. The largest absolute Gasteiger partial charge is 0.493 e. The molecular formula is C18H21FN2O2. The smallest absolute Gasteiger partial charge is 0.197 e. The van der Waals surface area contributed by atoms with Crippen molar-refractivity contribution >= 4 is 0 Å². The number of aromatic nitrogens is 1. The van der Waals surface area contributed by atoms with Crippen LogP contribution in [0.1, 0.15) is 24.6 Å². The SMILES string of the molecule is COc1cccc(F)c1O[C@H](c1ccccn1)C1CCCNC1. The van der Waals surface area contributed by atoms with E-state index in [4.69, 9.17) is 9.47 Å². The molecular weight excluding hydrogens is 295 g/mol. The zero-order valence-electron chi connectivity index (χ0n) is 13.2. The summed E-state index contributed by atoms with van der Waals surface area (Å²) in [6, 6.07) is 10.4. The van der Waals surface area contributed by atoms with Crippen LogP contribution in [0.15, 0.2) is 42.6 Å². The van der Waals surface area contributed by atoms with Gasteiger partial charge in [-0.1, -0.05) is 12.1 Å². The molecule has 1 fully saturated rings. The third-order valence-electron chi connectivity index (χ3n) is 4.14. The molecule has 2 heterocycles. The van der Waals surface area contributed by atoms with Crippen LogP contribution in [0.2, 0.25) is 0 Å². The molecule has 0 radical (unpaired) electrons. The van der Waals surface area contributed by atoms with Crippen molar-refractivity contribution in [2.24, 2.45) is 5.92 Å². The van der Waals surface area contributed by atoms with Crippen molar-refractivity contribution in [3.8, 4) is 11.5 Å². The Morgan fingerprint density at radius 1 is 1.26 bits per heavy atom. The predicted octanol–water partition coefficient (Wildman–Crippen LogP) is 3.35. The van der Waals surface area contributed by atoms with Crippen molar-refractivity contribution in [1.82, 2.24) is 10.3 Å². The summed E-state index contributed by atoms with van der Waals surface area (Å²) < 4.78 is 25.6. The summed E-state index contributed by atoms with van der Waals surface area (Å²) in [6.07, 6.45) is 3.52. The van der Waals surface area contributed by atoms with Gasteiger partial charge in [-0.05, 0) is 43.7 Å². The summed E-state index contributed by atoms with van der Waals surface area (Å²) in [5.74, 6) is 0.364. The Morgan fingerprint density at radius 3 is 2.87 bits per heavy atom. The molecule has 1 aliphatic rings. The van der Waals surface area contributed by atoms with Gasteiger partial charge in [0, 0.05) is 18.7 Å². The topological polar surface area (TPSA) is 43.4 Å². The summed E-state index contributed by atoms with van der Waals surface area (Å²) >= 11 is 0. The van der Waals surface area contributed by atoms with E-state index in [1.165, 1.54) is 13.2 Å². The molecule has 1 unspecified atom stereocenters. The van der Waals surface area contributed by atoms with E-state index in [0.717, 1.165) is 31.6 Å². The summed E-state index contributed by atoms with van der Waals surface area (Å²) in [7, 11) is 1.51. The lowest BCUT2D eigenvalue weighted by Crippen LogP contribution is -2.35. The third-order valence-corrected chi connectivity index (χ3v) is 4.14. The van der Waals surface area contributed by atoms with E-state index < -0.39 is 5.82 Å². The zero-order valence-corrected chi connectivity index (χ0v) is 13.2. The molecule has 0 aliphatic carbocycles. The van der Waals surface area contributed by atoms with Gasteiger partial charge in [-0.2, -0.15) is 0 Å². The summed E-state index contributed by atoms with van der Waals surface area (Å²) in [5.41, 5.74) is 0.812. The highest BCUT2D eigenvalue weighted by Crippen LogP contribution is 2.37. The number of rotatable bonds is 5. The highest BCUT2D eigenvalue weighted by atomic mass is 19.1. The van der Waals surface area contributed by atoms with E-state index in [1.54, 1.807) is 18.3 Å². The van der Waals surface area contributed by atoms with Gasteiger partial charge in [-0.3, -0.25) is 4.98 Å². The van der Waals surface area contributed by atoms with Crippen LogP contribution in [0.3, 0.4) is 0 Å². The molecule has 0 saturated carbocycles. The molecule has 1 aromatic heterocycles. The number of para-hydroxylation sites is 1. The highest BCUT2D eigenvalue weighted by molar-refractivity contribution is 5.41. The number of ether oxygens (including phenoxy) is 2. The van der Waals surface area contributed by atoms with Gasteiger partial charge in [-0.15, -0.1) is 0 Å². The Kier molecular flexibility index (Phi) is 5.08. The molecule has 1 aliphatic heterocycles. The predicted molar refractivity (Wildman–Crippen MR) is 86.2 cm³/mol. The maximum atomic E-state index is 14.2. The van der Waals surface area contributed by atoms with Crippen LogP contribution in [-0.2, 0) is 0 Å². The number of nitrogens with zero attached hydrogens (tertiary/aromatic N) is 1. The first-order chi connectivity index (χ1) is 11.3. The number of piperidine rings is 1. The van der Waals surface area contributed by atoms with Crippen molar-refractivity contribution in [1.29, 1.82) is 0 Å². The fourth-order valence-corrected chi connectivity index (χ4v) is 2.97. The average molecular weight is 316 g/mol. The molecule has 1 aromatic carbocycles. The van der Waals surface area contributed by atoms with Crippen LogP contribution in [0.4, 0.5) is 4.39 Å². The fourth-order valence-electron chi connectivity index (χ4n) is 2.97. The number of pyridine rings is 1. The monoisotopic (exact) mass is 316 g/mol. The van der Waals surface area contributed by atoms with Gasteiger partial charge >= 0.3 is 0 Å². The molecule has 122 valence electrons. The lowest BCUT2D eigenvalue weighted by atomic mass is 9.91. The molecule has 0 amide bonds. The van der Waals surface area contributed by atoms with E-state index in [1.807, 2.05) is 18.2 Å². The fraction of sp³-hybridized carbons (Fsp3) is 0.389. The lowest BCUT2D eigenvalue weighted by molar-refractivity contribution is 0.103. The van der Waals surface area contributed by atoms with Gasteiger partial charge in [0.15, 0.2) is 17.3 Å². The van der Waals surface area contributed by atoms with Crippen LogP contribution in [0.5, 0.6) is 11.5 Å². The van der Waals surface area contributed by atoms with Gasteiger partial charge in [0.1, 0.15) is 6.10 Å². The summed E-state index contributed by atoms with van der Waals surface area (Å²) in [6.45, 7) is 1.84. The average Bonchev–Trinajstić information content (AvgIpc) is 2.62. The van der Waals surface area contributed by atoms with Crippen LogP contribution in [-0.4, -0.2) is 25.2 Å². The minimum atomic E-state index is -0.422. The van der Waals surface area contributed by atoms with Gasteiger partial charge in [0.05, 0.1) is 12.8 Å². The maximum absolute atomic E-state index is 14.2. The Hall–Kier alpha value is -2.14. The summed E-state index contributed by atoms with van der Waals surface area (Å²) in [4.78, 5) is 4.42. The van der Waals surface area contributed by atoms with Crippen LogP contribution >= 0.6 is 0 Å². The second-order valence-corrected chi connectivity index (χ2v) is 5.67.